The summed E-state index contributed by atoms with van der Waals surface area (Å²) >= 11 is 0. The van der Waals surface area contributed by atoms with Crippen LogP contribution < -0.4 is 5.32 Å². The van der Waals surface area contributed by atoms with E-state index in [9.17, 15) is 0 Å². The smallest absolute Gasteiger partial charge is 0.105 e. The highest BCUT2D eigenvalue weighted by Gasteiger charge is 2.14. The van der Waals surface area contributed by atoms with Gasteiger partial charge in [0.2, 0.25) is 0 Å². The quantitative estimate of drug-likeness (QED) is 0.795. The summed E-state index contributed by atoms with van der Waals surface area (Å²) in [5, 5.41) is 9.36. The molecule has 1 aromatic carbocycles. The van der Waals surface area contributed by atoms with Gasteiger partial charge in [-0.25, -0.2) is 0 Å². The Bertz CT molecular complexity index is 770. The van der Waals surface area contributed by atoms with Gasteiger partial charge in [-0.1, -0.05) is 18.2 Å². The van der Waals surface area contributed by atoms with Crippen molar-refractivity contribution in [2.24, 2.45) is 7.05 Å². The van der Waals surface area contributed by atoms with Crippen molar-refractivity contribution in [2.45, 2.75) is 33.4 Å². The van der Waals surface area contributed by atoms with Gasteiger partial charge in [-0.15, -0.1) is 0 Å². The SMILES string of the molecule is Cc1cc(C(C)NCc2nn(C)c3ccccc23)c(C)o1. The lowest BCUT2D eigenvalue weighted by Gasteiger charge is -2.12. The Hall–Kier alpha value is -2.07. The molecule has 0 bridgehead atoms. The summed E-state index contributed by atoms with van der Waals surface area (Å²) in [6.07, 6.45) is 0. The van der Waals surface area contributed by atoms with Gasteiger partial charge in [0.15, 0.2) is 0 Å². The first-order chi connectivity index (χ1) is 10.1. The molecule has 0 aliphatic carbocycles. The minimum Gasteiger partial charge on any atom is -0.466 e. The van der Waals surface area contributed by atoms with Crippen molar-refractivity contribution < 1.29 is 4.42 Å². The second kappa shape index (κ2) is 5.37. The summed E-state index contributed by atoms with van der Waals surface area (Å²) in [5.74, 6) is 1.94. The zero-order valence-corrected chi connectivity index (χ0v) is 13.0. The first kappa shape index (κ1) is 13.9. The Labute approximate surface area is 124 Å². The van der Waals surface area contributed by atoms with Crippen molar-refractivity contribution in [1.82, 2.24) is 15.1 Å². The molecule has 3 aromatic rings. The Morgan fingerprint density at radius 1 is 1.29 bits per heavy atom. The van der Waals surface area contributed by atoms with E-state index in [0.29, 0.717) is 0 Å². The number of furan rings is 1. The lowest BCUT2D eigenvalue weighted by Crippen LogP contribution is -2.18. The van der Waals surface area contributed by atoms with E-state index in [4.69, 9.17) is 4.42 Å². The second-order valence-electron chi connectivity index (χ2n) is 5.56. The summed E-state index contributed by atoms with van der Waals surface area (Å²) in [4.78, 5) is 0. The maximum atomic E-state index is 5.60. The highest BCUT2D eigenvalue weighted by molar-refractivity contribution is 5.81. The van der Waals surface area contributed by atoms with E-state index in [2.05, 4.69) is 41.6 Å². The Balaban J connectivity index is 1.79. The molecule has 2 aromatic heterocycles. The molecule has 1 unspecified atom stereocenters. The molecule has 21 heavy (non-hydrogen) atoms. The molecule has 0 saturated carbocycles. The number of para-hydroxylation sites is 1. The zero-order valence-electron chi connectivity index (χ0n) is 13.0. The van der Waals surface area contributed by atoms with Crippen molar-refractivity contribution in [1.29, 1.82) is 0 Å². The van der Waals surface area contributed by atoms with Gasteiger partial charge in [-0.2, -0.15) is 5.10 Å². The first-order valence-corrected chi connectivity index (χ1v) is 7.27. The molecule has 3 rings (SSSR count). The number of hydrogen-bond donors (Lipinski definition) is 1. The van der Waals surface area contributed by atoms with Crippen LogP contribution in [0.1, 0.15) is 35.7 Å². The van der Waals surface area contributed by atoms with Crippen LogP contribution in [-0.4, -0.2) is 9.78 Å². The van der Waals surface area contributed by atoms with Crippen molar-refractivity contribution >= 4 is 10.9 Å². The minimum absolute atomic E-state index is 0.239. The normalized spacial score (nSPS) is 13.0. The molecule has 0 saturated heterocycles. The number of nitrogens with one attached hydrogen (secondary N) is 1. The molecule has 110 valence electrons. The Morgan fingerprint density at radius 2 is 2.05 bits per heavy atom. The zero-order chi connectivity index (χ0) is 15.0. The Kier molecular flexibility index (Phi) is 3.55. The minimum atomic E-state index is 0.239. The molecular weight excluding hydrogens is 262 g/mol. The topological polar surface area (TPSA) is 43.0 Å². The second-order valence-corrected chi connectivity index (χ2v) is 5.56. The van der Waals surface area contributed by atoms with Crippen LogP contribution in [0.5, 0.6) is 0 Å². The molecule has 0 amide bonds. The van der Waals surface area contributed by atoms with Crippen molar-refractivity contribution in [3.8, 4) is 0 Å². The molecule has 1 atom stereocenters. The number of nitrogens with zero attached hydrogens (tertiary/aromatic N) is 2. The monoisotopic (exact) mass is 283 g/mol. The number of aryl methyl sites for hydroxylation is 3. The third-order valence-electron chi connectivity index (χ3n) is 3.96. The van der Waals surface area contributed by atoms with E-state index in [1.165, 1.54) is 10.9 Å². The molecule has 0 aliphatic rings. The maximum absolute atomic E-state index is 5.60. The van der Waals surface area contributed by atoms with Crippen LogP contribution in [0.2, 0.25) is 0 Å². The summed E-state index contributed by atoms with van der Waals surface area (Å²) in [6.45, 7) is 6.89. The standard InChI is InChI=1S/C17H21N3O/c1-11-9-15(13(3)21-11)12(2)18-10-16-14-7-5-6-8-17(14)20(4)19-16/h5-9,12,18H,10H2,1-4H3. The van der Waals surface area contributed by atoms with Gasteiger partial charge >= 0.3 is 0 Å². The molecular formula is C17H21N3O. The first-order valence-electron chi connectivity index (χ1n) is 7.27. The summed E-state index contributed by atoms with van der Waals surface area (Å²) in [5.41, 5.74) is 3.46. The molecule has 0 radical (unpaired) electrons. The van der Waals surface area contributed by atoms with E-state index in [0.717, 1.165) is 29.3 Å². The van der Waals surface area contributed by atoms with Gasteiger partial charge in [0.1, 0.15) is 11.5 Å². The van der Waals surface area contributed by atoms with E-state index in [-0.39, 0.29) is 6.04 Å². The molecule has 1 N–H and O–H groups in total. The van der Waals surface area contributed by atoms with Crippen molar-refractivity contribution in [3.63, 3.8) is 0 Å². The number of rotatable bonds is 4. The Morgan fingerprint density at radius 3 is 2.76 bits per heavy atom. The average molecular weight is 283 g/mol. The van der Waals surface area contributed by atoms with Crippen LogP contribution >= 0.6 is 0 Å². The van der Waals surface area contributed by atoms with Gasteiger partial charge in [0, 0.05) is 30.6 Å². The lowest BCUT2D eigenvalue weighted by molar-refractivity contribution is 0.489. The fourth-order valence-corrected chi connectivity index (χ4v) is 2.86. The van der Waals surface area contributed by atoms with Crippen LogP contribution in [-0.2, 0) is 13.6 Å². The molecule has 4 nitrogen and oxygen atoms in total. The molecule has 0 spiro atoms. The van der Waals surface area contributed by atoms with Crippen molar-refractivity contribution in [3.05, 3.63) is 53.1 Å². The lowest BCUT2D eigenvalue weighted by atomic mass is 10.1. The van der Waals surface area contributed by atoms with Crippen LogP contribution in [0.25, 0.3) is 10.9 Å². The molecule has 2 heterocycles. The van der Waals surface area contributed by atoms with Crippen molar-refractivity contribution in [2.75, 3.05) is 0 Å². The van der Waals surface area contributed by atoms with E-state index in [1.54, 1.807) is 0 Å². The van der Waals surface area contributed by atoms with Crippen LogP contribution in [0.15, 0.2) is 34.7 Å². The highest BCUT2D eigenvalue weighted by atomic mass is 16.3. The predicted octanol–water partition coefficient (Wildman–Crippen LogP) is 3.63. The van der Waals surface area contributed by atoms with E-state index in [1.807, 2.05) is 31.6 Å². The number of fused-ring (bicyclic) bond motifs is 1. The molecule has 0 aliphatic heterocycles. The number of aromatic nitrogens is 2. The van der Waals surface area contributed by atoms with Gasteiger partial charge in [-0.05, 0) is 32.9 Å². The summed E-state index contributed by atoms with van der Waals surface area (Å²) < 4.78 is 7.54. The van der Waals surface area contributed by atoms with Gasteiger partial charge in [0.05, 0.1) is 11.2 Å². The molecule has 0 fully saturated rings. The average Bonchev–Trinajstić information content (AvgIpc) is 2.97. The van der Waals surface area contributed by atoms with Gasteiger partial charge in [0.25, 0.3) is 0 Å². The van der Waals surface area contributed by atoms with E-state index < -0.39 is 0 Å². The maximum Gasteiger partial charge on any atom is 0.105 e. The fourth-order valence-electron chi connectivity index (χ4n) is 2.86. The van der Waals surface area contributed by atoms with Crippen LogP contribution in [0.3, 0.4) is 0 Å². The fraction of sp³-hybridized carbons (Fsp3) is 0.353. The third kappa shape index (κ3) is 2.59. The predicted molar refractivity (Wildman–Crippen MR) is 84.2 cm³/mol. The van der Waals surface area contributed by atoms with Gasteiger partial charge < -0.3 is 9.73 Å². The number of hydrogen-bond acceptors (Lipinski definition) is 3. The largest absolute Gasteiger partial charge is 0.466 e. The van der Waals surface area contributed by atoms with Crippen LogP contribution in [0, 0.1) is 13.8 Å². The molecule has 4 heteroatoms. The highest BCUT2D eigenvalue weighted by Crippen LogP contribution is 2.22. The third-order valence-corrected chi connectivity index (χ3v) is 3.96. The summed E-state index contributed by atoms with van der Waals surface area (Å²) in [7, 11) is 1.98. The number of benzene rings is 1. The van der Waals surface area contributed by atoms with Crippen LogP contribution in [0.4, 0.5) is 0 Å². The van der Waals surface area contributed by atoms with E-state index >= 15 is 0 Å². The summed E-state index contributed by atoms with van der Waals surface area (Å²) in [6, 6.07) is 10.7. The van der Waals surface area contributed by atoms with Gasteiger partial charge in [-0.3, -0.25) is 4.68 Å².